The van der Waals surface area contributed by atoms with E-state index in [1.807, 2.05) is 24.3 Å². The Kier molecular flexibility index (Phi) is 7.22. The molecule has 1 aromatic carbocycles. The van der Waals surface area contributed by atoms with Crippen LogP contribution in [0.5, 0.6) is 0 Å². The second-order valence-corrected chi connectivity index (χ2v) is 4.10. The van der Waals surface area contributed by atoms with Gasteiger partial charge in [-0.1, -0.05) is 37.1 Å². The van der Waals surface area contributed by atoms with Gasteiger partial charge in [0.25, 0.3) is 0 Å². The van der Waals surface area contributed by atoms with Crippen LogP contribution in [-0.2, 0) is 0 Å². The van der Waals surface area contributed by atoms with Crippen LogP contribution in [0.15, 0.2) is 29.4 Å². The molecule has 1 rings (SSSR count). The Balaban J connectivity index is 0.00000324. The molecule has 0 fully saturated rings. The minimum Gasteiger partial charge on any atom is -0.369 e. The first-order chi connectivity index (χ1) is 8.67. The first kappa shape index (κ1) is 14.8. The van der Waals surface area contributed by atoms with E-state index >= 15 is 0 Å². The standard InChI is InChI=1S/C12H17ClN4.ClH/c1-2-3-4-11(16-17-12(14)15)9-5-7-10(13)8-6-9;/h5-8H,2-4H2,1H3,(H4,14,15,17);1H. The average molecular weight is 289 g/mol. The largest absolute Gasteiger partial charge is 0.369 e. The van der Waals surface area contributed by atoms with Gasteiger partial charge >= 0.3 is 0 Å². The van der Waals surface area contributed by atoms with Crippen molar-refractivity contribution in [2.24, 2.45) is 10.8 Å². The number of hydrogen-bond acceptors (Lipinski definition) is 2. The molecule has 0 aliphatic carbocycles. The summed E-state index contributed by atoms with van der Waals surface area (Å²) < 4.78 is 6.74. The zero-order valence-corrected chi connectivity index (χ0v) is 11.8. The molecular formula is C12H18Cl2N4. The minimum atomic E-state index is -0.0297. The third kappa shape index (κ3) is 5.89. The Morgan fingerprint density at radius 2 is 2.17 bits per heavy atom. The van der Waals surface area contributed by atoms with Gasteiger partial charge in [0.1, 0.15) is 0 Å². The highest BCUT2D eigenvalue weighted by atomic mass is 35.5. The molecule has 0 unspecified atom stereocenters. The topological polar surface area (TPSA) is 74.3 Å². The summed E-state index contributed by atoms with van der Waals surface area (Å²) in [5.41, 5.74) is 9.78. The summed E-state index contributed by atoms with van der Waals surface area (Å²) in [5, 5.41) is 7.92. The third-order valence-electron chi connectivity index (χ3n) is 2.25. The molecule has 0 spiro atoms. The maximum Gasteiger partial charge on any atom is 0.206 e. The second-order valence-electron chi connectivity index (χ2n) is 3.67. The van der Waals surface area contributed by atoms with E-state index in [1.165, 1.54) is 0 Å². The van der Waals surface area contributed by atoms with Gasteiger partial charge in [0.05, 0.1) is 5.71 Å². The lowest BCUT2D eigenvalue weighted by atomic mass is 10.1. The predicted molar refractivity (Wildman–Crippen MR) is 79.8 cm³/mol. The molecule has 18 heavy (non-hydrogen) atoms. The van der Waals surface area contributed by atoms with Crippen molar-refractivity contribution in [1.29, 1.82) is 5.40 Å². The zero-order chi connectivity index (χ0) is 13.4. The minimum absolute atomic E-state index is 0. The van der Waals surface area contributed by atoms with Crippen LogP contribution in [-0.4, -0.2) is 11.7 Å². The van der Waals surface area contributed by atoms with E-state index in [0.29, 0.717) is 5.02 Å². The lowest BCUT2D eigenvalue weighted by Crippen LogP contribution is -2.27. The molecule has 0 bridgehead atoms. The van der Waals surface area contributed by atoms with Crippen molar-refractivity contribution in [3.05, 3.63) is 34.9 Å². The smallest absolute Gasteiger partial charge is 0.206 e. The van der Waals surface area contributed by atoms with Gasteiger partial charge in [-0.05, 0) is 30.5 Å². The number of unbranched alkanes of at least 4 members (excludes halogenated alkanes) is 1. The van der Waals surface area contributed by atoms with Crippen molar-refractivity contribution < 1.29 is 1.41 Å². The normalized spacial score (nSPS) is 12.7. The molecule has 0 aliphatic rings. The van der Waals surface area contributed by atoms with E-state index in [4.69, 9.17) is 18.7 Å². The molecule has 0 heterocycles. The van der Waals surface area contributed by atoms with Gasteiger partial charge < -0.3 is 5.73 Å². The number of nitrogens with zero attached hydrogens (tertiary/aromatic N) is 1. The summed E-state index contributed by atoms with van der Waals surface area (Å²) in [6.45, 7) is 2.12. The molecule has 0 saturated carbocycles. The van der Waals surface area contributed by atoms with Crippen LogP contribution >= 0.6 is 24.0 Å². The molecule has 0 amide bonds. The Bertz CT molecular complexity index is 432. The van der Waals surface area contributed by atoms with Crippen LogP contribution in [0.3, 0.4) is 0 Å². The summed E-state index contributed by atoms with van der Waals surface area (Å²) in [4.78, 5) is 0. The number of hydrazone groups is 1. The van der Waals surface area contributed by atoms with Crippen molar-refractivity contribution in [2.45, 2.75) is 26.2 Å². The highest BCUT2D eigenvalue weighted by molar-refractivity contribution is 6.30. The van der Waals surface area contributed by atoms with Crippen molar-refractivity contribution in [3.63, 3.8) is 0 Å². The highest BCUT2D eigenvalue weighted by Gasteiger charge is 2.03. The first-order valence-electron chi connectivity index (χ1n) is 5.98. The van der Waals surface area contributed by atoms with E-state index < -0.39 is 0 Å². The molecule has 0 aromatic heterocycles. The van der Waals surface area contributed by atoms with E-state index in [1.54, 1.807) is 0 Å². The summed E-state index contributed by atoms with van der Waals surface area (Å²) in [7, 11) is 0. The summed E-state index contributed by atoms with van der Waals surface area (Å²) in [5.74, 6) is -0.0297. The molecule has 4 N–H and O–H groups in total. The zero-order valence-electron chi connectivity index (χ0n) is 11.2. The van der Waals surface area contributed by atoms with Gasteiger partial charge in [-0.25, -0.2) is 5.43 Å². The Labute approximate surface area is 120 Å². The molecule has 100 valence electrons. The summed E-state index contributed by atoms with van der Waals surface area (Å²) >= 11 is 5.85. The van der Waals surface area contributed by atoms with Crippen LogP contribution in [0.4, 0.5) is 0 Å². The van der Waals surface area contributed by atoms with Crippen molar-refractivity contribution >= 4 is 35.7 Å². The monoisotopic (exact) mass is 288 g/mol. The van der Waals surface area contributed by atoms with Crippen LogP contribution in [0.1, 0.15) is 31.7 Å². The lowest BCUT2D eigenvalue weighted by molar-refractivity contribution is 0.827. The summed E-state index contributed by atoms with van der Waals surface area (Å²) in [6.07, 6.45) is 2.94. The quantitative estimate of drug-likeness (QED) is 0.442. The van der Waals surface area contributed by atoms with Crippen LogP contribution in [0.25, 0.3) is 0 Å². The second kappa shape index (κ2) is 8.78. The molecule has 0 aliphatic heterocycles. The van der Waals surface area contributed by atoms with E-state index in [2.05, 4.69) is 22.9 Å². The molecule has 0 radical (unpaired) electrons. The highest BCUT2D eigenvalue weighted by Crippen LogP contribution is 2.13. The number of rotatable bonds is 5. The fourth-order valence-electron chi connectivity index (χ4n) is 1.38. The predicted octanol–water partition coefficient (Wildman–Crippen LogP) is 3.14. The van der Waals surface area contributed by atoms with E-state index in [-0.39, 0.29) is 18.4 Å². The van der Waals surface area contributed by atoms with Crippen molar-refractivity contribution in [1.82, 2.24) is 5.43 Å². The maximum absolute atomic E-state index is 6.74. The third-order valence-corrected chi connectivity index (χ3v) is 2.50. The van der Waals surface area contributed by atoms with E-state index in [0.717, 1.165) is 30.5 Å². The van der Waals surface area contributed by atoms with Gasteiger partial charge in [-0.15, -0.1) is 12.4 Å². The number of nitrogens with two attached hydrogens (primary N) is 1. The summed E-state index contributed by atoms with van der Waals surface area (Å²) in [6, 6.07) is 7.46. The average Bonchev–Trinajstić information content (AvgIpc) is 2.40. The number of guanidine groups is 1. The number of benzene rings is 1. The Hall–Kier alpha value is -1.26. The maximum atomic E-state index is 6.74. The van der Waals surface area contributed by atoms with Gasteiger partial charge in [-0.2, -0.15) is 5.10 Å². The number of nitrogens with one attached hydrogen (secondary N) is 2. The fraction of sp³-hybridized carbons (Fsp3) is 0.333. The van der Waals surface area contributed by atoms with E-state index in [9.17, 15) is 0 Å². The molecule has 0 atom stereocenters. The fourth-order valence-corrected chi connectivity index (χ4v) is 1.50. The van der Waals surface area contributed by atoms with Crippen molar-refractivity contribution in [2.75, 3.05) is 0 Å². The van der Waals surface area contributed by atoms with Crippen LogP contribution in [0.2, 0.25) is 6.43 Å². The van der Waals surface area contributed by atoms with Crippen LogP contribution in [0, 0.1) is 5.40 Å². The SMILES string of the molecule is Cl.[H]/N=C(\N)NN=C(CCCC)c1ccc(Cl)cc1. The Morgan fingerprint density at radius 3 is 2.72 bits per heavy atom. The molecular weight excluding hydrogens is 271 g/mol. The van der Waals surface area contributed by atoms with Crippen LogP contribution < -0.4 is 11.2 Å². The Morgan fingerprint density at radius 1 is 1.50 bits per heavy atom. The van der Waals surface area contributed by atoms with Gasteiger partial charge in [0.2, 0.25) is 5.96 Å². The molecule has 0 saturated heterocycles. The number of hydrogen-bond donors (Lipinski definition) is 3. The molecule has 6 heteroatoms. The van der Waals surface area contributed by atoms with Gasteiger partial charge in [-0.3, -0.25) is 5.40 Å². The molecule has 4 nitrogen and oxygen atoms in total. The number of halogens is 2. The van der Waals surface area contributed by atoms with Crippen molar-refractivity contribution in [3.8, 4) is 0 Å². The van der Waals surface area contributed by atoms with Gasteiger partial charge in [0, 0.05) is 5.02 Å². The van der Waals surface area contributed by atoms with Gasteiger partial charge in [0.15, 0.2) is 1.41 Å². The first-order valence-corrected chi connectivity index (χ1v) is 5.91. The molecule has 1 aromatic rings. The lowest BCUT2D eigenvalue weighted by Gasteiger charge is -2.07.